The summed E-state index contributed by atoms with van der Waals surface area (Å²) in [5.74, 6) is 0.558. The van der Waals surface area contributed by atoms with Gasteiger partial charge in [-0.1, -0.05) is 63.2 Å². The first kappa shape index (κ1) is 18.5. The van der Waals surface area contributed by atoms with Gasteiger partial charge in [0.2, 0.25) is 0 Å². The summed E-state index contributed by atoms with van der Waals surface area (Å²) in [6, 6.07) is 17.8. The van der Waals surface area contributed by atoms with Crippen molar-refractivity contribution in [3.63, 3.8) is 0 Å². The molecule has 1 saturated carbocycles. The van der Waals surface area contributed by atoms with Crippen LogP contribution in [0.15, 0.2) is 54.6 Å². The van der Waals surface area contributed by atoms with Crippen LogP contribution in [0.3, 0.4) is 0 Å². The molecule has 2 aromatic carbocycles. The summed E-state index contributed by atoms with van der Waals surface area (Å²) in [6.45, 7) is 7.44. The number of hydrogen-bond donors (Lipinski definition) is 1. The first-order chi connectivity index (χ1) is 12.4. The lowest BCUT2D eigenvalue weighted by atomic mass is 9.64. The van der Waals surface area contributed by atoms with Gasteiger partial charge in [-0.15, -0.1) is 0 Å². The first-order valence-corrected chi connectivity index (χ1v) is 9.28. The second-order valence-corrected chi connectivity index (χ2v) is 8.48. The topological polar surface area (TPSA) is 38.3 Å². The summed E-state index contributed by atoms with van der Waals surface area (Å²) in [7, 11) is 0. The highest BCUT2D eigenvalue weighted by Gasteiger charge is 2.36. The SMILES string of the molecule is CC1(C)C[CH]CC(C)(CNC(=O)Oc2ccc(-c3ccccc3)cc2)C1. The van der Waals surface area contributed by atoms with Crippen molar-refractivity contribution in [3.8, 4) is 16.9 Å². The molecule has 0 heterocycles. The largest absolute Gasteiger partial charge is 0.412 e. The number of ether oxygens (including phenoxy) is 1. The highest BCUT2D eigenvalue weighted by atomic mass is 16.6. The summed E-state index contributed by atoms with van der Waals surface area (Å²) in [5.41, 5.74) is 2.64. The van der Waals surface area contributed by atoms with E-state index < -0.39 is 0 Å². The van der Waals surface area contributed by atoms with Crippen molar-refractivity contribution in [1.82, 2.24) is 5.32 Å². The zero-order chi connectivity index (χ0) is 18.6. The third-order valence-electron chi connectivity index (χ3n) is 5.07. The molecule has 3 nitrogen and oxygen atoms in total. The van der Waals surface area contributed by atoms with E-state index in [1.807, 2.05) is 42.5 Å². The highest BCUT2D eigenvalue weighted by Crippen LogP contribution is 2.45. The van der Waals surface area contributed by atoms with Gasteiger partial charge in [0.15, 0.2) is 0 Å². The molecule has 0 aromatic heterocycles. The molecule has 3 heteroatoms. The average Bonchev–Trinajstić information content (AvgIpc) is 2.60. The molecule has 0 aliphatic heterocycles. The van der Waals surface area contributed by atoms with E-state index in [9.17, 15) is 4.79 Å². The molecule has 0 bridgehead atoms. The Morgan fingerprint density at radius 2 is 1.62 bits per heavy atom. The van der Waals surface area contributed by atoms with E-state index in [2.05, 4.69) is 44.6 Å². The maximum absolute atomic E-state index is 12.2. The first-order valence-electron chi connectivity index (χ1n) is 9.28. The molecular formula is C23H28NO2. The van der Waals surface area contributed by atoms with Gasteiger partial charge in [-0.3, -0.25) is 0 Å². The van der Waals surface area contributed by atoms with Gasteiger partial charge >= 0.3 is 6.09 Å². The lowest BCUT2D eigenvalue weighted by Crippen LogP contribution is -2.42. The van der Waals surface area contributed by atoms with Crippen LogP contribution in [0.2, 0.25) is 0 Å². The van der Waals surface area contributed by atoms with Crippen molar-refractivity contribution in [1.29, 1.82) is 0 Å². The van der Waals surface area contributed by atoms with Gasteiger partial charge < -0.3 is 10.1 Å². The Labute approximate surface area is 156 Å². The van der Waals surface area contributed by atoms with Gasteiger partial charge in [-0.25, -0.2) is 4.79 Å². The maximum atomic E-state index is 12.2. The summed E-state index contributed by atoms with van der Waals surface area (Å²) in [6.07, 6.45) is 5.23. The van der Waals surface area contributed by atoms with Crippen LogP contribution < -0.4 is 10.1 Å². The van der Waals surface area contributed by atoms with Crippen LogP contribution >= 0.6 is 0 Å². The smallest absolute Gasteiger partial charge is 0.410 e. The molecule has 0 saturated heterocycles. The molecule has 1 N–H and O–H groups in total. The normalized spacial score (nSPS) is 21.8. The maximum Gasteiger partial charge on any atom is 0.412 e. The molecule has 26 heavy (non-hydrogen) atoms. The molecule has 0 spiro atoms. The minimum atomic E-state index is -0.387. The number of benzene rings is 2. The summed E-state index contributed by atoms with van der Waals surface area (Å²) < 4.78 is 5.43. The van der Waals surface area contributed by atoms with E-state index in [0.29, 0.717) is 17.7 Å². The van der Waals surface area contributed by atoms with Crippen molar-refractivity contribution in [2.75, 3.05) is 6.54 Å². The van der Waals surface area contributed by atoms with E-state index >= 15 is 0 Å². The van der Waals surface area contributed by atoms with E-state index in [1.165, 1.54) is 0 Å². The third-order valence-corrected chi connectivity index (χ3v) is 5.07. The van der Waals surface area contributed by atoms with Gasteiger partial charge in [0.05, 0.1) is 0 Å². The summed E-state index contributed by atoms with van der Waals surface area (Å²) in [4.78, 5) is 12.2. The molecule has 1 amide bonds. The fraction of sp³-hybridized carbons (Fsp3) is 0.391. The number of carbonyl (C=O) groups is 1. The Balaban J connectivity index is 1.53. The Hall–Kier alpha value is -2.29. The van der Waals surface area contributed by atoms with Crippen LogP contribution in [0.25, 0.3) is 11.1 Å². The van der Waals surface area contributed by atoms with E-state index in [0.717, 1.165) is 30.4 Å². The molecule has 1 atom stereocenters. The predicted octanol–water partition coefficient (Wildman–Crippen LogP) is 5.86. The molecule has 1 fully saturated rings. The molecular weight excluding hydrogens is 322 g/mol. The average molecular weight is 350 g/mol. The number of rotatable bonds is 4. The van der Waals surface area contributed by atoms with Gasteiger partial charge in [0.25, 0.3) is 0 Å². The fourth-order valence-corrected chi connectivity index (χ4v) is 4.02. The summed E-state index contributed by atoms with van der Waals surface area (Å²) >= 11 is 0. The minimum absolute atomic E-state index is 0.0952. The quantitative estimate of drug-likeness (QED) is 0.749. The summed E-state index contributed by atoms with van der Waals surface area (Å²) in [5, 5.41) is 2.94. The molecule has 1 aliphatic rings. The second-order valence-electron chi connectivity index (χ2n) is 8.48. The van der Waals surface area contributed by atoms with Crippen molar-refractivity contribution in [2.45, 2.75) is 40.0 Å². The predicted molar refractivity (Wildman–Crippen MR) is 106 cm³/mol. The van der Waals surface area contributed by atoms with Gasteiger partial charge in [0, 0.05) is 6.54 Å². The minimum Gasteiger partial charge on any atom is -0.410 e. The van der Waals surface area contributed by atoms with Crippen LogP contribution in [-0.2, 0) is 0 Å². The van der Waals surface area contributed by atoms with Crippen LogP contribution in [0, 0.1) is 17.3 Å². The van der Waals surface area contributed by atoms with Gasteiger partial charge in [-0.05, 0) is 59.8 Å². The Bertz CT molecular complexity index is 737. The van der Waals surface area contributed by atoms with Crippen LogP contribution in [-0.4, -0.2) is 12.6 Å². The molecule has 3 rings (SSSR count). The zero-order valence-electron chi connectivity index (χ0n) is 15.9. The molecule has 1 radical (unpaired) electrons. The Kier molecular flexibility index (Phi) is 5.36. The monoisotopic (exact) mass is 350 g/mol. The third kappa shape index (κ3) is 4.87. The van der Waals surface area contributed by atoms with Crippen molar-refractivity contribution in [2.24, 2.45) is 10.8 Å². The number of hydrogen-bond acceptors (Lipinski definition) is 2. The Morgan fingerprint density at radius 3 is 2.27 bits per heavy atom. The number of carbonyl (C=O) groups excluding carboxylic acids is 1. The van der Waals surface area contributed by atoms with Crippen molar-refractivity contribution in [3.05, 3.63) is 61.0 Å². The van der Waals surface area contributed by atoms with Crippen LogP contribution in [0.1, 0.15) is 40.0 Å². The lowest BCUT2D eigenvalue weighted by molar-refractivity contribution is 0.126. The van der Waals surface area contributed by atoms with Crippen molar-refractivity contribution >= 4 is 6.09 Å². The van der Waals surface area contributed by atoms with Crippen LogP contribution in [0.4, 0.5) is 4.79 Å². The molecule has 2 aromatic rings. The fourth-order valence-electron chi connectivity index (χ4n) is 4.02. The van der Waals surface area contributed by atoms with Crippen LogP contribution in [0.5, 0.6) is 5.75 Å². The van der Waals surface area contributed by atoms with Crippen molar-refractivity contribution < 1.29 is 9.53 Å². The van der Waals surface area contributed by atoms with E-state index in [-0.39, 0.29) is 11.5 Å². The lowest BCUT2D eigenvalue weighted by Gasteiger charge is -2.42. The zero-order valence-corrected chi connectivity index (χ0v) is 15.9. The number of nitrogens with one attached hydrogen (secondary N) is 1. The Morgan fingerprint density at radius 1 is 0.962 bits per heavy atom. The highest BCUT2D eigenvalue weighted by molar-refractivity contribution is 5.71. The van der Waals surface area contributed by atoms with E-state index in [4.69, 9.17) is 4.74 Å². The van der Waals surface area contributed by atoms with E-state index in [1.54, 1.807) is 0 Å². The molecule has 1 aliphatic carbocycles. The standard InChI is InChI=1S/C23H28NO2/c1-22(2)14-7-15-23(3,16-22)17-24-21(25)26-20-12-10-19(11-13-20)18-8-5-4-6-9-18/h4-13H,14-17H2,1-3H3,(H,24,25). The number of amides is 1. The second kappa shape index (κ2) is 7.53. The molecule has 1 unspecified atom stereocenters. The van der Waals surface area contributed by atoms with Gasteiger partial charge in [-0.2, -0.15) is 0 Å². The van der Waals surface area contributed by atoms with Gasteiger partial charge in [0.1, 0.15) is 5.75 Å². The molecule has 137 valence electrons.